The smallest absolute Gasteiger partial charge is 0.241 e. The quantitative estimate of drug-likeness (QED) is 0.893. The fourth-order valence-electron chi connectivity index (χ4n) is 2.50. The van der Waals surface area contributed by atoms with Gasteiger partial charge >= 0.3 is 0 Å². The highest BCUT2D eigenvalue weighted by Crippen LogP contribution is 2.21. The van der Waals surface area contributed by atoms with Crippen molar-refractivity contribution in [3.05, 3.63) is 36.5 Å². The Morgan fingerprint density at radius 1 is 1.29 bits per heavy atom. The van der Waals surface area contributed by atoms with Gasteiger partial charge in [0, 0.05) is 18.1 Å². The molecule has 1 aromatic carbocycles. The van der Waals surface area contributed by atoms with Gasteiger partial charge in [-0.25, -0.2) is 13.1 Å². The van der Waals surface area contributed by atoms with Gasteiger partial charge in [-0.3, -0.25) is 4.98 Å². The average molecular weight is 328 g/mol. The Labute approximate surface area is 130 Å². The second kappa shape index (κ2) is 6.70. The number of sulfonamides is 1. The Bertz CT molecular complexity index is 710. The minimum Gasteiger partial charge on any atom is -0.316 e. The molecule has 1 aliphatic rings. The molecule has 1 fully saturated rings. The molecule has 5 nitrogen and oxygen atoms in total. The lowest BCUT2D eigenvalue weighted by Crippen LogP contribution is -2.30. The number of nitrogens with one attached hydrogen (secondary N) is 2. The van der Waals surface area contributed by atoms with E-state index in [0.717, 1.165) is 19.5 Å². The van der Waals surface area contributed by atoms with Gasteiger partial charge in [0.2, 0.25) is 10.0 Å². The third-order valence-electron chi connectivity index (χ3n) is 3.62. The Balaban J connectivity index is 0.00000161. The first kappa shape index (κ1) is 16.2. The molecular weight excluding hydrogens is 310 g/mol. The maximum atomic E-state index is 12.4. The van der Waals surface area contributed by atoms with Crippen molar-refractivity contribution in [2.75, 3.05) is 19.6 Å². The van der Waals surface area contributed by atoms with Crippen LogP contribution in [0.3, 0.4) is 0 Å². The summed E-state index contributed by atoms with van der Waals surface area (Å²) in [7, 11) is -3.49. The molecule has 3 rings (SSSR count). The standard InChI is InChI=1S/C14H17N3O2S.ClH/c18-20(19,17-10-11-6-8-15-9-11)14-5-1-4-13-12(14)3-2-7-16-13;/h1-5,7,11,15,17H,6,8-10H2;1H. The number of hydrogen-bond donors (Lipinski definition) is 2. The summed E-state index contributed by atoms with van der Waals surface area (Å²) in [6, 6.07) is 8.70. The number of pyridine rings is 1. The van der Waals surface area contributed by atoms with Crippen molar-refractivity contribution in [3.8, 4) is 0 Å². The molecule has 114 valence electrons. The fourth-order valence-corrected chi connectivity index (χ4v) is 3.83. The SMILES string of the molecule is Cl.O=S(=O)(NCC1CCNC1)c1cccc2ncccc12. The molecule has 1 unspecified atom stereocenters. The van der Waals surface area contributed by atoms with Gasteiger partial charge in [0.1, 0.15) is 0 Å². The topological polar surface area (TPSA) is 71.1 Å². The first-order valence-corrected chi connectivity index (χ1v) is 8.19. The van der Waals surface area contributed by atoms with Crippen LogP contribution in [0.1, 0.15) is 6.42 Å². The predicted molar refractivity (Wildman–Crippen MR) is 85.2 cm³/mol. The van der Waals surface area contributed by atoms with Crippen LogP contribution in [0.25, 0.3) is 10.9 Å². The molecule has 1 saturated heterocycles. The Kier molecular flexibility index (Phi) is 5.16. The number of nitrogens with zero attached hydrogens (tertiary/aromatic N) is 1. The zero-order valence-corrected chi connectivity index (χ0v) is 13.1. The fraction of sp³-hybridized carbons (Fsp3) is 0.357. The van der Waals surface area contributed by atoms with E-state index in [-0.39, 0.29) is 12.4 Å². The van der Waals surface area contributed by atoms with Crippen LogP contribution in [-0.2, 0) is 10.0 Å². The molecule has 2 heterocycles. The highest BCUT2D eigenvalue weighted by Gasteiger charge is 2.21. The van der Waals surface area contributed by atoms with E-state index in [2.05, 4.69) is 15.0 Å². The first-order valence-electron chi connectivity index (χ1n) is 6.71. The number of halogens is 1. The summed E-state index contributed by atoms with van der Waals surface area (Å²) < 4.78 is 27.6. The monoisotopic (exact) mass is 327 g/mol. The summed E-state index contributed by atoms with van der Waals surface area (Å²) in [6.45, 7) is 2.32. The third kappa shape index (κ3) is 3.52. The van der Waals surface area contributed by atoms with Crippen molar-refractivity contribution in [1.29, 1.82) is 0 Å². The van der Waals surface area contributed by atoms with Crippen molar-refractivity contribution >= 4 is 33.3 Å². The molecular formula is C14H18ClN3O2S. The van der Waals surface area contributed by atoms with Gasteiger partial charge in [-0.1, -0.05) is 6.07 Å². The normalized spacial score (nSPS) is 18.6. The molecule has 1 aromatic heterocycles. The molecule has 1 aliphatic heterocycles. The third-order valence-corrected chi connectivity index (χ3v) is 5.10. The molecule has 7 heteroatoms. The van der Waals surface area contributed by atoms with Crippen LogP contribution >= 0.6 is 12.4 Å². The van der Waals surface area contributed by atoms with Gasteiger partial charge in [-0.15, -0.1) is 12.4 Å². The van der Waals surface area contributed by atoms with Crippen molar-refractivity contribution in [2.24, 2.45) is 5.92 Å². The number of fused-ring (bicyclic) bond motifs is 1. The predicted octanol–water partition coefficient (Wildman–Crippen LogP) is 1.54. The number of aromatic nitrogens is 1. The molecule has 2 N–H and O–H groups in total. The van der Waals surface area contributed by atoms with Crippen molar-refractivity contribution < 1.29 is 8.42 Å². The summed E-state index contributed by atoms with van der Waals surface area (Å²) in [5.74, 6) is 0.373. The number of benzene rings is 1. The van der Waals surface area contributed by atoms with Gasteiger partial charge in [0.15, 0.2) is 0 Å². The second-order valence-corrected chi connectivity index (χ2v) is 6.77. The van der Waals surface area contributed by atoms with E-state index in [1.54, 1.807) is 30.5 Å². The maximum Gasteiger partial charge on any atom is 0.241 e. The van der Waals surface area contributed by atoms with Crippen molar-refractivity contribution in [3.63, 3.8) is 0 Å². The zero-order valence-electron chi connectivity index (χ0n) is 11.5. The van der Waals surface area contributed by atoms with Crippen molar-refractivity contribution in [1.82, 2.24) is 15.0 Å². The second-order valence-electron chi connectivity index (χ2n) is 5.04. The van der Waals surface area contributed by atoms with Crippen LogP contribution in [-0.4, -0.2) is 33.0 Å². The van der Waals surface area contributed by atoms with Gasteiger partial charge in [0.25, 0.3) is 0 Å². The van der Waals surface area contributed by atoms with E-state index in [4.69, 9.17) is 0 Å². The van der Waals surface area contributed by atoms with Crippen LogP contribution in [0.5, 0.6) is 0 Å². The largest absolute Gasteiger partial charge is 0.316 e. The van der Waals surface area contributed by atoms with Crippen LogP contribution < -0.4 is 10.0 Å². The molecule has 0 aliphatic carbocycles. The van der Waals surface area contributed by atoms with Gasteiger partial charge in [0.05, 0.1) is 10.4 Å². The minimum atomic E-state index is -3.49. The summed E-state index contributed by atoms with van der Waals surface area (Å²) >= 11 is 0. The average Bonchev–Trinajstić information content (AvgIpc) is 2.98. The Morgan fingerprint density at radius 3 is 2.90 bits per heavy atom. The lowest BCUT2D eigenvalue weighted by Gasteiger charge is -2.12. The van der Waals surface area contributed by atoms with Gasteiger partial charge < -0.3 is 5.32 Å². The molecule has 0 spiro atoms. The Morgan fingerprint density at radius 2 is 2.14 bits per heavy atom. The highest BCUT2D eigenvalue weighted by molar-refractivity contribution is 7.89. The van der Waals surface area contributed by atoms with E-state index in [9.17, 15) is 8.42 Å². The summed E-state index contributed by atoms with van der Waals surface area (Å²) in [6.07, 6.45) is 2.68. The molecule has 0 amide bonds. The lowest BCUT2D eigenvalue weighted by atomic mass is 10.1. The van der Waals surface area contributed by atoms with Crippen LogP contribution in [0, 0.1) is 5.92 Å². The number of rotatable bonds is 4. The minimum absolute atomic E-state index is 0. The van der Waals surface area contributed by atoms with Crippen LogP contribution in [0.15, 0.2) is 41.4 Å². The summed E-state index contributed by atoms with van der Waals surface area (Å²) in [5, 5.41) is 3.89. The van der Waals surface area contributed by atoms with E-state index < -0.39 is 10.0 Å². The number of hydrogen-bond acceptors (Lipinski definition) is 4. The molecule has 1 atom stereocenters. The van der Waals surface area contributed by atoms with Crippen LogP contribution in [0.4, 0.5) is 0 Å². The zero-order chi connectivity index (χ0) is 14.0. The molecule has 0 saturated carbocycles. The van der Waals surface area contributed by atoms with Gasteiger partial charge in [-0.05, 0) is 49.7 Å². The van der Waals surface area contributed by atoms with E-state index >= 15 is 0 Å². The van der Waals surface area contributed by atoms with Crippen molar-refractivity contribution in [2.45, 2.75) is 11.3 Å². The van der Waals surface area contributed by atoms with Gasteiger partial charge in [-0.2, -0.15) is 0 Å². The molecule has 21 heavy (non-hydrogen) atoms. The lowest BCUT2D eigenvalue weighted by molar-refractivity contribution is 0.539. The Hall–Kier alpha value is -1.21. The van der Waals surface area contributed by atoms with E-state index in [1.165, 1.54) is 0 Å². The van der Waals surface area contributed by atoms with Crippen LogP contribution in [0.2, 0.25) is 0 Å². The molecule has 0 bridgehead atoms. The van der Waals surface area contributed by atoms with E-state index in [1.807, 2.05) is 6.07 Å². The maximum absolute atomic E-state index is 12.4. The first-order chi connectivity index (χ1) is 9.67. The van der Waals surface area contributed by atoms with E-state index in [0.29, 0.717) is 28.3 Å². The molecule has 2 aromatic rings. The highest BCUT2D eigenvalue weighted by atomic mass is 35.5. The molecule has 0 radical (unpaired) electrons. The summed E-state index contributed by atoms with van der Waals surface area (Å²) in [5.41, 5.74) is 0.693. The summed E-state index contributed by atoms with van der Waals surface area (Å²) in [4.78, 5) is 4.49.